The Labute approximate surface area is 152 Å². The normalized spacial score (nSPS) is 10.8. The van der Waals surface area contributed by atoms with Crippen LogP contribution in [0.4, 0.5) is 10.1 Å². The van der Waals surface area contributed by atoms with Crippen LogP contribution in [0, 0.1) is 22.9 Å². The third kappa shape index (κ3) is 4.86. The molecule has 0 aliphatic rings. The number of halogens is 1. The zero-order chi connectivity index (χ0) is 19.3. The second-order valence-electron chi connectivity index (χ2n) is 6.38. The molecule has 6 nitrogen and oxygen atoms in total. The minimum atomic E-state index is -0.507. The lowest BCUT2D eigenvalue weighted by Gasteiger charge is -2.25. The lowest BCUT2D eigenvalue weighted by molar-refractivity contribution is -0.385. The summed E-state index contributed by atoms with van der Waals surface area (Å²) in [6.07, 6.45) is 0. The van der Waals surface area contributed by atoms with Gasteiger partial charge in [-0.25, -0.2) is 4.39 Å². The highest BCUT2D eigenvalue weighted by Crippen LogP contribution is 2.21. The summed E-state index contributed by atoms with van der Waals surface area (Å²) < 4.78 is 14.0. The topological polar surface area (TPSA) is 66.7 Å². The van der Waals surface area contributed by atoms with Gasteiger partial charge in [0.25, 0.3) is 11.6 Å². The van der Waals surface area contributed by atoms with Crippen LogP contribution >= 0.6 is 0 Å². The number of aryl methyl sites for hydroxylation is 1. The van der Waals surface area contributed by atoms with Gasteiger partial charge in [0.1, 0.15) is 5.82 Å². The summed E-state index contributed by atoms with van der Waals surface area (Å²) in [6, 6.07) is 10.7. The number of hydrogen-bond acceptors (Lipinski definition) is 4. The highest BCUT2D eigenvalue weighted by molar-refractivity contribution is 5.95. The second kappa shape index (κ2) is 8.53. The molecule has 0 atom stereocenters. The molecule has 26 heavy (non-hydrogen) atoms. The molecule has 0 aromatic heterocycles. The van der Waals surface area contributed by atoms with E-state index in [1.807, 2.05) is 19.0 Å². The Kier molecular flexibility index (Phi) is 6.41. The molecule has 2 aromatic rings. The minimum Gasteiger partial charge on any atom is -0.333 e. The number of carbonyl (C=O) groups excluding carboxylic acids is 1. The van der Waals surface area contributed by atoms with Crippen LogP contribution in [0.3, 0.4) is 0 Å². The quantitative estimate of drug-likeness (QED) is 0.562. The number of nitro benzene ring substituents is 1. The largest absolute Gasteiger partial charge is 0.333 e. The molecule has 7 heteroatoms. The Hall–Kier alpha value is -2.80. The first-order valence-electron chi connectivity index (χ1n) is 8.22. The molecule has 2 rings (SSSR count). The number of nitrogens with zero attached hydrogens (tertiary/aromatic N) is 3. The van der Waals surface area contributed by atoms with E-state index < -0.39 is 4.92 Å². The first-order valence-corrected chi connectivity index (χ1v) is 8.22. The first kappa shape index (κ1) is 19.5. The van der Waals surface area contributed by atoms with Gasteiger partial charge in [0.05, 0.1) is 4.92 Å². The highest BCUT2D eigenvalue weighted by atomic mass is 19.1. The van der Waals surface area contributed by atoms with E-state index in [4.69, 9.17) is 0 Å². The molecule has 2 aromatic carbocycles. The van der Waals surface area contributed by atoms with Crippen molar-refractivity contribution in [3.63, 3.8) is 0 Å². The van der Waals surface area contributed by atoms with Gasteiger partial charge < -0.3 is 9.80 Å². The van der Waals surface area contributed by atoms with Crippen molar-refractivity contribution in [2.24, 2.45) is 0 Å². The Morgan fingerprint density at radius 1 is 1.15 bits per heavy atom. The van der Waals surface area contributed by atoms with E-state index >= 15 is 0 Å². The van der Waals surface area contributed by atoms with Gasteiger partial charge in [-0.15, -0.1) is 0 Å². The Morgan fingerprint density at radius 2 is 1.85 bits per heavy atom. The highest BCUT2D eigenvalue weighted by Gasteiger charge is 2.21. The fourth-order valence-electron chi connectivity index (χ4n) is 2.53. The number of likely N-dealkylation sites (N-methyl/N-ethyl adjacent to an activating group) is 1. The number of hydrogen-bond donors (Lipinski definition) is 0. The number of carbonyl (C=O) groups is 1. The molecule has 0 bridgehead atoms. The monoisotopic (exact) mass is 359 g/mol. The molecule has 0 saturated heterocycles. The van der Waals surface area contributed by atoms with Gasteiger partial charge in [0, 0.05) is 42.4 Å². The van der Waals surface area contributed by atoms with Crippen LogP contribution in [0.25, 0.3) is 0 Å². The molecule has 0 unspecified atom stereocenters. The van der Waals surface area contributed by atoms with Crippen LogP contribution in [0.1, 0.15) is 21.5 Å². The van der Waals surface area contributed by atoms with Crippen molar-refractivity contribution in [3.8, 4) is 0 Å². The van der Waals surface area contributed by atoms with Crippen LogP contribution in [0.2, 0.25) is 0 Å². The molecular formula is C19H22FN3O3. The van der Waals surface area contributed by atoms with Crippen molar-refractivity contribution in [3.05, 3.63) is 75.1 Å². The Bertz CT molecular complexity index is 808. The number of nitro groups is 1. The summed E-state index contributed by atoms with van der Waals surface area (Å²) in [6.45, 7) is 2.69. The fraction of sp³-hybridized carbons (Fsp3) is 0.316. The lowest BCUT2D eigenvalue weighted by atomic mass is 10.1. The Balaban J connectivity index is 2.32. The summed E-state index contributed by atoms with van der Waals surface area (Å²) in [5.74, 6) is -0.747. The van der Waals surface area contributed by atoms with E-state index in [0.717, 1.165) is 0 Å². The van der Waals surface area contributed by atoms with Crippen LogP contribution in [0.5, 0.6) is 0 Å². The fourth-order valence-corrected chi connectivity index (χ4v) is 2.53. The third-order valence-corrected chi connectivity index (χ3v) is 4.08. The van der Waals surface area contributed by atoms with Gasteiger partial charge in [-0.05, 0) is 33.2 Å². The van der Waals surface area contributed by atoms with E-state index in [1.54, 1.807) is 37.3 Å². The molecule has 0 fully saturated rings. The number of rotatable bonds is 7. The van der Waals surface area contributed by atoms with Gasteiger partial charge in [-0.1, -0.05) is 24.3 Å². The van der Waals surface area contributed by atoms with E-state index in [0.29, 0.717) is 24.2 Å². The van der Waals surface area contributed by atoms with Crippen LogP contribution < -0.4 is 0 Å². The molecule has 0 aliphatic heterocycles. The van der Waals surface area contributed by atoms with Gasteiger partial charge >= 0.3 is 0 Å². The van der Waals surface area contributed by atoms with Crippen molar-refractivity contribution in [2.75, 3.05) is 27.2 Å². The van der Waals surface area contributed by atoms with Crippen molar-refractivity contribution in [1.29, 1.82) is 0 Å². The molecule has 0 heterocycles. The first-order chi connectivity index (χ1) is 12.3. The zero-order valence-corrected chi connectivity index (χ0v) is 15.1. The predicted molar refractivity (Wildman–Crippen MR) is 97.5 cm³/mol. The summed E-state index contributed by atoms with van der Waals surface area (Å²) >= 11 is 0. The standard InChI is InChI=1S/C19H22FN3O3/c1-14-8-9-15(12-18(14)23(25)26)19(24)22(11-10-21(2)3)13-16-6-4-5-7-17(16)20/h4-9,12H,10-11,13H2,1-3H3. The van der Waals surface area contributed by atoms with E-state index in [-0.39, 0.29) is 29.5 Å². The van der Waals surface area contributed by atoms with Gasteiger partial charge in [0.15, 0.2) is 0 Å². The second-order valence-corrected chi connectivity index (χ2v) is 6.38. The molecule has 0 spiro atoms. The van der Waals surface area contributed by atoms with Gasteiger partial charge in [0.2, 0.25) is 0 Å². The molecule has 1 amide bonds. The maximum absolute atomic E-state index is 14.0. The van der Waals surface area contributed by atoms with E-state index in [2.05, 4.69) is 0 Å². The number of amides is 1. The SMILES string of the molecule is Cc1ccc(C(=O)N(CCN(C)C)Cc2ccccc2F)cc1[N+](=O)[O-]. The van der Waals surface area contributed by atoms with Crippen molar-refractivity contribution >= 4 is 11.6 Å². The molecule has 0 radical (unpaired) electrons. The van der Waals surface area contributed by atoms with Crippen molar-refractivity contribution < 1.29 is 14.1 Å². The van der Waals surface area contributed by atoms with E-state index in [9.17, 15) is 19.3 Å². The van der Waals surface area contributed by atoms with Gasteiger partial charge in [-0.2, -0.15) is 0 Å². The minimum absolute atomic E-state index is 0.0982. The molecule has 0 saturated carbocycles. The third-order valence-electron chi connectivity index (χ3n) is 4.08. The van der Waals surface area contributed by atoms with Gasteiger partial charge in [-0.3, -0.25) is 14.9 Å². The Morgan fingerprint density at radius 3 is 2.46 bits per heavy atom. The van der Waals surface area contributed by atoms with Crippen molar-refractivity contribution in [1.82, 2.24) is 9.80 Å². The molecule has 0 N–H and O–H groups in total. The summed E-state index contributed by atoms with van der Waals surface area (Å²) in [4.78, 5) is 27.0. The smallest absolute Gasteiger partial charge is 0.273 e. The average molecular weight is 359 g/mol. The predicted octanol–water partition coefficient (Wildman–Crippen LogP) is 3.25. The van der Waals surface area contributed by atoms with Crippen LogP contribution in [-0.4, -0.2) is 47.8 Å². The van der Waals surface area contributed by atoms with Crippen LogP contribution in [-0.2, 0) is 6.54 Å². The van der Waals surface area contributed by atoms with Crippen molar-refractivity contribution in [2.45, 2.75) is 13.5 Å². The summed E-state index contributed by atoms with van der Waals surface area (Å²) in [7, 11) is 3.75. The average Bonchev–Trinajstić information content (AvgIpc) is 2.59. The maximum Gasteiger partial charge on any atom is 0.273 e. The molecule has 138 valence electrons. The zero-order valence-electron chi connectivity index (χ0n) is 15.1. The summed E-state index contributed by atoms with van der Waals surface area (Å²) in [5, 5.41) is 11.1. The summed E-state index contributed by atoms with van der Waals surface area (Å²) in [5.41, 5.74) is 1.01. The molecule has 0 aliphatic carbocycles. The molecular weight excluding hydrogens is 337 g/mol. The lowest BCUT2D eigenvalue weighted by Crippen LogP contribution is -2.36. The maximum atomic E-state index is 14.0. The van der Waals surface area contributed by atoms with Crippen LogP contribution in [0.15, 0.2) is 42.5 Å². The van der Waals surface area contributed by atoms with E-state index in [1.165, 1.54) is 17.0 Å². The number of benzene rings is 2.